The number of rotatable bonds is 4. The molecule has 5 heteroatoms. The first kappa shape index (κ1) is 18.7. The Kier molecular flexibility index (Phi) is 4.68. The van der Waals surface area contributed by atoms with E-state index in [1.807, 2.05) is 66.7 Å². The Balaban J connectivity index is 1.76. The van der Waals surface area contributed by atoms with Gasteiger partial charge in [0.1, 0.15) is 16.5 Å². The fourth-order valence-electron chi connectivity index (χ4n) is 4.04. The van der Waals surface area contributed by atoms with Gasteiger partial charge in [-0.3, -0.25) is 4.79 Å². The molecule has 4 aromatic rings. The van der Waals surface area contributed by atoms with Crippen LogP contribution in [0.25, 0.3) is 15.9 Å². The van der Waals surface area contributed by atoms with Gasteiger partial charge in [-0.2, -0.15) is 0 Å². The van der Waals surface area contributed by atoms with Crippen molar-refractivity contribution < 1.29 is 9.53 Å². The molecule has 0 saturated heterocycles. The Hall–Kier alpha value is -3.31. The fraction of sp³-hybridized carbons (Fsp3) is 0.120. The van der Waals surface area contributed by atoms with Crippen molar-refractivity contribution in [2.24, 2.45) is 5.92 Å². The van der Waals surface area contributed by atoms with E-state index in [9.17, 15) is 4.79 Å². The van der Waals surface area contributed by atoms with Gasteiger partial charge in [0.2, 0.25) is 0 Å². The van der Waals surface area contributed by atoms with E-state index < -0.39 is 10.7 Å². The number of nitrogens with zero attached hydrogens (tertiary/aromatic N) is 1. The van der Waals surface area contributed by atoms with Crippen LogP contribution < -0.4 is 0 Å². The Labute approximate surface area is 179 Å². The minimum absolute atomic E-state index is 0.280. The number of para-hydroxylation sites is 2. The topological polar surface area (TPSA) is 55.0 Å². The number of fused-ring (bicyclic) bond motifs is 1. The van der Waals surface area contributed by atoms with Gasteiger partial charge in [0.25, 0.3) is 0 Å². The standard InChI is InChI=1S/C25H20N2O2S/c1-29-23(28)19-16-22(17-10-4-2-5-11-17)30-25(19,18-12-6-3-7-13-18)24-26-20-14-8-9-15-21(20)27-24/h2-16,19H,1H3,(H,26,27)/t19-,25-/m0/s1. The summed E-state index contributed by atoms with van der Waals surface area (Å²) >= 11 is 1.65. The van der Waals surface area contributed by atoms with Gasteiger partial charge in [-0.05, 0) is 23.3 Å². The number of carbonyl (C=O) groups excluding carboxylic acids is 1. The summed E-state index contributed by atoms with van der Waals surface area (Å²) in [6.07, 6.45) is 2.02. The molecule has 1 N–H and O–H groups in total. The summed E-state index contributed by atoms with van der Waals surface area (Å²) in [7, 11) is 1.44. The molecule has 1 aliphatic heterocycles. The van der Waals surface area contributed by atoms with Gasteiger partial charge < -0.3 is 9.72 Å². The average molecular weight is 413 g/mol. The lowest BCUT2D eigenvalue weighted by Gasteiger charge is -2.32. The van der Waals surface area contributed by atoms with Crippen molar-refractivity contribution in [2.75, 3.05) is 7.11 Å². The smallest absolute Gasteiger partial charge is 0.314 e. The Morgan fingerprint density at radius 1 is 0.967 bits per heavy atom. The summed E-state index contributed by atoms with van der Waals surface area (Å²) in [5, 5.41) is 0. The molecule has 0 fully saturated rings. The van der Waals surface area contributed by atoms with Gasteiger partial charge in [0.15, 0.2) is 0 Å². The van der Waals surface area contributed by atoms with E-state index in [0.717, 1.165) is 32.9 Å². The summed E-state index contributed by atoms with van der Waals surface area (Å²) < 4.78 is 4.50. The predicted molar refractivity (Wildman–Crippen MR) is 121 cm³/mol. The molecule has 1 aliphatic rings. The molecule has 0 radical (unpaired) electrons. The summed E-state index contributed by atoms with van der Waals surface area (Å²) in [5.41, 5.74) is 3.90. The molecule has 0 saturated carbocycles. The summed E-state index contributed by atoms with van der Waals surface area (Å²) in [6.45, 7) is 0. The van der Waals surface area contributed by atoms with E-state index in [4.69, 9.17) is 9.72 Å². The highest BCUT2D eigenvalue weighted by molar-refractivity contribution is 8.09. The van der Waals surface area contributed by atoms with Gasteiger partial charge >= 0.3 is 5.97 Å². The molecule has 3 aromatic carbocycles. The van der Waals surface area contributed by atoms with Crippen molar-refractivity contribution in [3.63, 3.8) is 0 Å². The summed E-state index contributed by atoms with van der Waals surface area (Å²) in [6, 6.07) is 28.1. The Morgan fingerprint density at radius 3 is 2.33 bits per heavy atom. The van der Waals surface area contributed by atoms with Gasteiger partial charge in [0, 0.05) is 4.91 Å². The molecule has 0 spiro atoms. The molecule has 5 rings (SSSR count). The molecular formula is C25H20N2O2S. The van der Waals surface area contributed by atoms with Crippen molar-refractivity contribution in [3.8, 4) is 0 Å². The van der Waals surface area contributed by atoms with Crippen LogP contribution in [0.4, 0.5) is 0 Å². The second-order valence-electron chi connectivity index (χ2n) is 7.20. The Morgan fingerprint density at radius 2 is 1.63 bits per heavy atom. The lowest BCUT2D eigenvalue weighted by molar-refractivity contribution is -0.144. The summed E-state index contributed by atoms with van der Waals surface area (Å²) in [5.74, 6) is -0.0547. The molecule has 4 nitrogen and oxygen atoms in total. The Bertz CT molecular complexity index is 1200. The molecule has 30 heavy (non-hydrogen) atoms. The number of aromatic nitrogens is 2. The van der Waals surface area contributed by atoms with Crippen LogP contribution in [0.2, 0.25) is 0 Å². The highest BCUT2D eigenvalue weighted by Gasteiger charge is 2.53. The van der Waals surface area contributed by atoms with Gasteiger partial charge in [-0.25, -0.2) is 4.98 Å². The van der Waals surface area contributed by atoms with Gasteiger partial charge in [-0.1, -0.05) is 78.9 Å². The number of imidazole rings is 1. The lowest BCUT2D eigenvalue weighted by atomic mass is 9.84. The third-order valence-corrected chi connectivity index (χ3v) is 7.08. The van der Waals surface area contributed by atoms with Crippen LogP contribution in [0.5, 0.6) is 0 Å². The molecule has 2 atom stereocenters. The molecule has 2 heterocycles. The van der Waals surface area contributed by atoms with Crippen LogP contribution in [-0.4, -0.2) is 23.0 Å². The van der Waals surface area contributed by atoms with E-state index >= 15 is 0 Å². The second-order valence-corrected chi connectivity index (χ2v) is 8.49. The van der Waals surface area contributed by atoms with Crippen LogP contribution in [0, 0.1) is 5.92 Å². The first-order valence-corrected chi connectivity index (χ1v) is 10.6. The minimum atomic E-state index is -0.751. The van der Waals surface area contributed by atoms with E-state index in [1.165, 1.54) is 7.11 Å². The van der Waals surface area contributed by atoms with Crippen LogP contribution in [0.15, 0.2) is 91.0 Å². The van der Waals surface area contributed by atoms with E-state index in [0.29, 0.717) is 0 Å². The molecule has 0 unspecified atom stereocenters. The van der Waals surface area contributed by atoms with Gasteiger partial charge in [0.05, 0.1) is 18.1 Å². The maximum atomic E-state index is 13.0. The molecule has 1 aromatic heterocycles. The van der Waals surface area contributed by atoms with Crippen molar-refractivity contribution in [2.45, 2.75) is 4.75 Å². The number of thioether (sulfide) groups is 1. The number of aromatic amines is 1. The monoisotopic (exact) mass is 412 g/mol. The molecule has 148 valence electrons. The lowest BCUT2D eigenvalue weighted by Crippen LogP contribution is -2.36. The van der Waals surface area contributed by atoms with Crippen LogP contribution in [-0.2, 0) is 14.3 Å². The number of esters is 1. The number of benzene rings is 3. The third-order valence-electron chi connectivity index (χ3n) is 5.48. The number of nitrogens with one attached hydrogen (secondary N) is 1. The zero-order valence-corrected chi connectivity index (χ0v) is 17.2. The first-order chi connectivity index (χ1) is 14.7. The van der Waals surface area contributed by atoms with E-state index in [-0.39, 0.29) is 5.97 Å². The van der Waals surface area contributed by atoms with Crippen LogP contribution in [0.1, 0.15) is 17.0 Å². The van der Waals surface area contributed by atoms with Gasteiger partial charge in [-0.15, -0.1) is 11.8 Å². The number of H-pyrrole nitrogens is 1. The normalized spacial score (nSPS) is 20.8. The number of ether oxygens (including phenoxy) is 1. The van der Waals surface area contributed by atoms with Crippen LogP contribution >= 0.6 is 11.8 Å². The highest BCUT2D eigenvalue weighted by atomic mass is 32.2. The molecule has 0 bridgehead atoms. The average Bonchev–Trinajstić information content (AvgIpc) is 3.43. The number of hydrogen-bond acceptors (Lipinski definition) is 4. The minimum Gasteiger partial charge on any atom is -0.469 e. The number of methoxy groups -OCH3 is 1. The molecule has 0 aliphatic carbocycles. The van der Waals surface area contributed by atoms with E-state index in [2.05, 4.69) is 29.2 Å². The number of hydrogen-bond donors (Lipinski definition) is 1. The maximum absolute atomic E-state index is 13.0. The van der Waals surface area contributed by atoms with Crippen molar-refractivity contribution >= 4 is 33.7 Å². The quantitative estimate of drug-likeness (QED) is 0.457. The second kappa shape index (κ2) is 7.50. The number of carbonyl (C=O) groups is 1. The van der Waals surface area contributed by atoms with Crippen molar-refractivity contribution in [1.82, 2.24) is 9.97 Å². The van der Waals surface area contributed by atoms with E-state index in [1.54, 1.807) is 11.8 Å². The maximum Gasteiger partial charge on any atom is 0.314 e. The molecular weight excluding hydrogens is 392 g/mol. The largest absolute Gasteiger partial charge is 0.469 e. The first-order valence-electron chi connectivity index (χ1n) is 9.77. The zero-order chi connectivity index (χ0) is 20.6. The van der Waals surface area contributed by atoms with Crippen molar-refractivity contribution in [1.29, 1.82) is 0 Å². The van der Waals surface area contributed by atoms with Crippen molar-refractivity contribution in [3.05, 3.63) is 108 Å². The fourth-order valence-corrected chi connectivity index (χ4v) is 5.59. The van der Waals surface area contributed by atoms with Crippen LogP contribution in [0.3, 0.4) is 0 Å². The molecule has 0 amide bonds. The summed E-state index contributed by atoms with van der Waals surface area (Å²) in [4.78, 5) is 22.5. The zero-order valence-electron chi connectivity index (χ0n) is 16.4. The SMILES string of the molecule is COC(=O)[C@@H]1C=C(c2ccccc2)S[C@]1(c1ccccc1)c1nc2ccccc2[nH]1. The third kappa shape index (κ3) is 2.94. The predicted octanol–water partition coefficient (Wildman–Crippen LogP) is 5.38. The highest BCUT2D eigenvalue weighted by Crippen LogP contribution is 2.59.